The summed E-state index contributed by atoms with van der Waals surface area (Å²) in [7, 11) is 6.41. The highest BCUT2D eigenvalue weighted by atomic mass is 15.1. The summed E-state index contributed by atoms with van der Waals surface area (Å²) in [6.07, 6.45) is 2.26. The Labute approximate surface area is 116 Å². The lowest BCUT2D eigenvalue weighted by atomic mass is 10.0. The quantitative estimate of drug-likeness (QED) is 0.891. The third kappa shape index (κ3) is 2.99. The van der Waals surface area contributed by atoms with Gasteiger partial charge in [0.25, 0.3) is 0 Å². The summed E-state index contributed by atoms with van der Waals surface area (Å²) in [6.45, 7) is 5.35. The zero-order valence-corrected chi connectivity index (χ0v) is 12.6. The number of likely N-dealkylation sites (N-methyl/N-ethyl adjacent to an activating group) is 1. The molecule has 0 saturated carbocycles. The molecular formula is C16H25N3. The van der Waals surface area contributed by atoms with Crippen LogP contribution in [0.2, 0.25) is 0 Å². The fourth-order valence-electron chi connectivity index (χ4n) is 2.56. The van der Waals surface area contributed by atoms with Crippen LogP contribution in [0, 0.1) is 0 Å². The van der Waals surface area contributed by atoms with Crippen LogP contribution in [0.15, 0.2) is 30.5 Å². The highest BCUT2D eigenvalue weighted by Crippen LogP contribution is 2.28. The number of aromatic nitrogens is 1. The van der Waals surface area contributed by atoms with Gasteiger partial charge in [0.1, 0.15) is 0 Å². The van der Waals surface area contributed by atoms with E-state index in [1.807, 2.05) is 0 Å². The number of hydrogen-bond donors (Lipinski definition) is 1. The van der Waals surface area contributed by atoms with Crippen LogP contribution < -0.4 is 5.32 Å². The van der Waals surface area contributed by atoms with Crippen LogP contribution in [-0.2, 0) is 7.05 Å². The molecule has 19 heavy (non-hydrogen) atoms. The summed E-state index contributed by atoms with van der Waals surface area (Å²) in [5.41, 5.74) is 2.70. The Bertz CT molecular complexity index is 540. The zero-order chi connectivity index (χ0) is 14.0. The third-order valence-electron chi connectivity index (χ3n) is 3.63. The first-order valence-electron chi connectivity index (χ1n) is 6.94. The fraction of sp³-hybridized carbons (Fsp3) is 0.500. The average Bonchev–Trinajstić information content (AvgIpc) is 2.67. The predicted molar refractivity (Wildman–Crippen MR) is 82.5 cm³/mol. The lowest BCUT2D eigenvalue weighted by Gasteiger charge is -2.25. The minimum absolute atomic E-state index is 0.397. The van der Waals surface area contributed by atoms with Crippen LogP contribution in [0.5, 0.6) is 0 Å². The van der Waals surface area contributed by atoms with E-state index in [1.165, 1.54) is 16.5 Å². The second-order valence-corrected chi connectivity index (χ2v) is 5.75. The molecule has 1 unspecified atom stereocenters. The second kappa shape index (κ2) is 5.76. The highest BCUT2D eigenvalue weighted by molar-refractivity contribution is 5.84. The van der Waals surface area contributed by atoms with Gasteiger partial charge in [0.15, 0.2) is 0 Å². The van der Waals surface area contributed by atoms with Crippen molar-refractivity contribution >= 4 is 10.9 Å². The van der Waals surface area contributed by atoms with Gasteiger partial charge in [0.2, 0.25) is 0 Å². The molecule has 1 heterocycles. The van der Waals surface area contributed by atoms with Crippen LogP contribution in [0.4, 0.5) is 0 Å². The maximum Gasteiger partial charge on any atom is 0.0488 e. The summed E-state index contributed by atoms with van der Waals surface area (Å²) in [5, 5.41) is 4.90. The summed E-state index contributed by atoms with van der Waals surface area (Å²) in [4.78, 5) is 2.29. The van der Waals surface area contributed by atoms with Gasteiger partial charge in [-0.25, -0.2) is 0 Å². The Kier molecular flexibility index (Phi) is 4.27. The van der Waals surface area contributed by atoms with Gasteiger partial charge in [-0.3, -0.25) is 0 Å². The molecule has 0 amide bonds. The Balaban J connectivity index is 2.39. The third-order valence-corrected chi connectivity index (χ3v) is 3.63. The van der Waals surface area contributed by atoms with Crippen LogP contribution in [0.1, 0.15) is 25.5 Å². The lowest BCUT2D eigenvalue weighted by Crippen LogP contribution is -2.34. The number of rotatable bonds is 5. The molecule has 3 heteroatoms. The van der Waals surface area contributed by atoms with Gasteiger partial charge in [0, 0.05) is 42.8 Å². The van der Waals surface area contributed by atoms with Crippen molar-refractivity contribution in [1.29, 1.82) is 0 Å². The predicted octanol–water partition coefficient (Wildman–Crippen LogP) is 2.78. The first kappa shape index (κ1) is 14.1. The Hall–Kier alpha value is -1.32. The molecule has 2 rings (SSSR count). The van der Waals surface area contributed by atoms with Gasteiger partial charge in [0.05, 0.1) is 0 Å². The first-order valence-corrected chi connectivity index (χ1v) is 6.94. The highest BCUT2D eigenvalue weighted by Gasteiger charge is 2.19. The van der Waals surface area contributed by atoms with Crippen molar-refractivity contribution in [2.24, 2.45) is 7.05 Å². The molecule has 0 aliphatic carbocycles. The van der Waals surface area contributed by atoms with Crippen molar-refractivity contribution in [3.8, 4) is 0 Å². The molecule has 1 aromatic carbocycles. The molecule has 0 radical (unpaired) electrons. The van der Waals surface area contributed by atoms with Gasteiger partial charge >= 0.3 is 0 Å². The molecule has 1 atom stereocenters. The minimum Gasteiger partial charge on any atom is -0.350 e. The molecule has 0 bridgehead atoms. The van der Waals surface area contributed by atoms with Crippen LogP contribution in [0.25, 0.3) is 10.9 Å². The lowest BCUT2D eigenvalue weighted by molar-refractivity contribution is 0.284. The number of nitrogens with one attached hydrogen (secondary N) is 1. The van der Waals surface area contributed by atoms with Gasteiger partial charge < -0.3 is 14.8 Å². The maximum atomic E-state index is 3.55. The Morgan fingerprint density at radius 2 is 1.89 bits per heavy atom. The minimum atomic E-state index is 0.397. The number of nitrogens with zero attached hydrogens (tertiary/aromatic N) is 2. The molecular weight excluding hydrogens is 234 g/mol. The molecule has 0 spiro atoms. The first-order chi connectivity index (χ1) is 9.00. The van der Waals surface area contributed by atoms with E-state index in [-0.39, 0.29) is 0 Å². The number of fused-ring (bicyclic) bond motifs is 1. The van der Waals surface area contributed by atoms with Crippen molar-refractivity contribution in [3.63, 3.8) is 0 Å². The molecule has 2 aromatic rings. The summed E-state index contributed by atoms with van der Waals surface area (Å²) in [6, 6.07) is 9.53. The van der Waals surface area contributed by atoms with Crippen LogP contribution >= 0.6 is 0 Å². The number of hydrogen-bond acceptors (Lipinski definition) is 2. The van der Waals surface area contributed by atoms with Gasteiger partial charge in [-0.1, -0.05) is 32.0 Å². The van der Waals surface area contributed by atoms with Gasteiger partial charge in [-0.2, -0.15) is 0 Å². The molecule has 0 aliphatic heterocycles. The molecule has 0 aliphatic rings. The van der Waals surface area contributed by atoms with E-state index < -0.39 is 0 Å². The molecule has 3 nitrogen and oxygen atoms in total. The smallest absolute Gasteiger partial charge is 0.0488 e. The molecule has 1 aromatic heterocycles. The standard InChI is InChI=1S/C16H25N3/c1-12(2)17-10-16(18(3)4)14-11-19(5)15-9-7-6-8-13(14)15/h6-9,11-12,16-17H,10H2,1-5H3. The van der Waals surface area contributed by atoms with Crippen molar-refractivity contribution in [2.75, 3.05) is 20.6 Å². The largest absolute Gasteiger partial charge is 0.350 e. The molecule has 0 saturated heterocycles. The van der Waals surface area contributed by atoms with Gasteiger partial charge in [-0.15, -0.1) is 0 Å². The maximum absolute atomic E-state index is 3.55. The topological polar surface area (TPSA) is 20.2 Å². The molecule has 1 N–H and O–H groups in total. The monoisotopic (exact) mass is 259 g/mol. The van der Waals surface area contributed by atoms with E-state index in [9.17, 15) is 0 Å². The van der Waals surface area contributed by atoms with Crippen LogP contribution in [-0.4, -0.2) is 36.1 Å². The normalized spacial score (nSPS) is 13.6. The van der Waals surface area contributed by atoms with E-state index in [4.69, 9.17) is 0 Å². The number of para-hydroxylation sites is 1. The average molecular weight is 259 g/mol. The van der Waals surface area contributed by atoms with Crippen LogP contribution in [0.3, 0.4) is 0 Å². The van der Waals surface area contributed by atoms with Crippen molar-refractivity contribution in [2.45, 2.75) is 25.9 Å². The van der Waals surface area contributed by atoms with E-state index in [1.54, 1.807) is 0 Å². The SMILES string of the molecule is CC(C)NCC(c1cn(C)c2ccccc12)N(C)C. The molecule has 0 fully saturated rings. The number of benzene rings is 1. The summed E-state index contributed by atoms with van der Waals surface area (Å²) < 4.78 is 2.22. The summed E-state index contributed by atoms with van der Waals surface area (Å²) >= 11 is 0. The Morgan fingerprint density at radius 1 is 1.21 bits per heavy atom. The Morgan fingerprint density at radius 3 is 2.53 bits per heavy atom. The van der Waals surface area contributed by atoms with Crippen molar-refractivity contribution in [3.05, 3.63) is 36.0 Å². The molecule has 104 valence electrons. The van der Waals surface area contributed by atoms with E-state index in [2.05, 4.69) is 80.2 Å². The van der Waals surface area contributed by atoms with Crippen molar-refractivity contribution in [1.82, 2.24) is 14.8 Å². The number of aryl methyl sites for hydroxylation is 1. The zero-order valence-electron chi connectivity index (χ0n) is 12.6. The second-order valence-electron chi connectivity index (χ2n) is 5.75. The van der Waals surface area contributed by atoms with Gasteiger partial charge in [-0.05, 0) is 25.7 Å². The van der Waals surface area contributed by atoms with E-state index in [0.29, 0.717) is 12.1 Å². The van der Waals surface area contributed by atoms with E-state index in [0.717, 1.165) is 6.54 Å². The summed E-state index contributed by atoms with van der Waals surface area (Å²) in [5.74, 6) is 0. The van der Waals surface area contributed by atoms with E-state index >= 15 is 0 Å². The van der Waals surface area contributed by atoms with Crippen molar-refractivity contribution < 1.29 is 0 Å². The fourth-order valence-corrected chi connectivity index (χ4v) is 2.56.